The van der Waals surface area contributed by atoms with Gasteiger partial charge in [0.15, 0.2) is 5.82 Å². The first-order valence-electron chi connectivity index (χ1n) is 12.3. The van der Waals surface area contributed by atoms with Crippen LogP contribution in [0.15, 0.2) is 66.7 Å². The van der Waals surface area contributed by atoms with Gasteiger partial charge in [0, 0.05) is 18.7 Å². The quantitative estimate of drug-likeness (QED) is 0.278. The molecular weight excluding hydrogens is 465 g/mol. The number of aryl methyl sites for hydroxylation is 1. The first-order valence-corrected chi connectivity index (χ1v) is 12.3. The molecule has 0 bridgehead atoms. The summed E-state index contributed by atoms with van der Waals surface area (Å²) in [6.45, 7) is 2.98. The molecule has 0 atom stereocenters. The van der Waals surface area contributed by atoms with E-state index in [0.29, 0.717) is 30.0 Å². The highest BCUT2D eigenvalue weighted by molar-refractivity contribution is 5.94. The number of carbonyl (C=O) groups excluding carboxylic acids is 1. The molecule has 8 heteroatoms. The first kappa shape index (κ1) is 27.0. The molecule has 3 aromatic rings. The molecule has 0 saturated carbocycles. The number of halogens is 3. The molecule has 1 heterocycles. The topological polar surface area (TPSA) is 71.2 Å². The van der Waals surface area contributed by atoms with Gasteiger partial charge in [-0.1, -0.05) is 62.2 Å². The van der Waals surface area contributed by atoms with E-state index in [2.05, 4.69) is 29.4 Å². The summed E-state index contributed by atoms with van der Waals surface area (Å²) in [5, 5.41) is 2.95. The molecule has 3 N–H and O–H groups in total. The van der Waals surface area contributed by atoms with Gasteiger partial charge in [-0.05, 0) is 55.5 Å². The van der Waals surface area contributed by atoms with Crippen molar-refractivity contribution < 1.29 is 18.0 Å². The predicted molar refractivity (Wildman–Crippen MR) is 139 cm³/mol. The zero-order chi connectivity index (χ0) is 26.0. The van der Waals surface area contributed by atoms with Gasteiger partial charge in [0.25, 0.3) is 0 Å². The van der Waals surface area contributed by atoms with E-state index in [4.69, 9.17) is 5.73 Å². The van der Waals surface area contributed by atoms with Crippen molar-refractivity contribution in [3.63, 3.8) is 0 Å². The number of carbonyl (C=O) groups is 1. The van der Waals surface area contributed by atoms with Gasteiger partial charge in [-0.2, -0.15) is 13.2 Å². The van der Waals surface area contributed by atoms with Gasteiger partial charge in [-0.3, -0.25) is 4.90 Å². The second kappa shape index (κ2) is 13.0. The Bertz CT molecular complexity index is 1120. The van der Waals surface area contributed by atoms with Crippen LogP contribution in [0.3, 0.4) is 0 Å². The fourth-order valence-corrected chi connectivity index (χ4v) is 3.90. The smallest absolute Gasteiger partial charge is 0.396 e. The van der Waals surface area contributed by atoms with Crippen LogP contribution in [0.4, 0.5) is 29.5 Å². The van der Waals surface area contributed by atoms with Crippen molar-refractivity contribution in [1.82, 2.24) is 10.3 Å². The second-order valence-electron chi connectivity index (χ2n) is 8.72. The zero-order valence-electron chi connectivity index (χ0n) is 20.5. The standard InChI is InChI=1S/C28H33F3N4O/c1-2-3-9-19-35(27(36)33-18-8-7-13-21-11-5-4-6-12-21)26-24(32)16-17-25(34-26)22-14-10-15-23(20-22)28(29,30)31/h4-6,10-12,14-17,20H,2-3,7-9,13,18-19,32H2,1H3,(H,33,36). The highest BCUT2D eigenvalue weighted by Gasteiger charge is 2.30. The fourth-order valence-electron chi connectivity index (χ4n) is 3.90. The van der Waals surface area contributed by atoms with Crippen molar-refractivity contribution >= 4 is 17.5 Å². The Labute approximate surface area is 210 Å². The molecule has 0 aliphatic carbocycles. The number of nitrogens with one attached hydrogen (secondary N) is 1. The molecule has 0 fully saturated rings. The third-order valence-corrected chi connectivity index (χ3v) is 5.89. The lowest BCUT2D eigenvalue weighted by molar-refractivity contribution is -0.137. The number of unbranched alkanes of at least 4 members (excludes halogenated alkanes) is 3. The highest BCUT2D eigenvalue weighted by Crippen LogP contribution is 2.33. The average molecular weight is 499 g/mol. The SMILES string of the molecule is CCCCCN(C(=O)NCCCCc1ccccc1)c1nc(-c2cccc(C(F)(F)F)c2)ccc1N. The summed E-state index contributed by atoms with van der Waals surface area (Å²) in [6.07, 6.45) is 0.884. The summed E-state index contributed by atoms with van der Waals surface area (Å²) in [6, 6.07) is 18.0. The van der Waals surface area contributed by atoms with Crippen LogP contribution in [0.25, 0.3) is 11.3 Å². The Kier molecular flexibility index (Phi) is 9.73. The summed E-state index contributed by atoms with van der Waals surface area (Å²) in [4.78, 5) is 19.1. The Morgan fingerprint density at radius 1 is 0.972 bits per heavy atom. The van der Waals surface area contributed by atoms with E-state index in [1.54, 1.807) is 18.2 Å². The lowest BCUT2D eigenvalue weighted by Crippen LogP contribution is -2.42. The Balaban J connectivity index is 1.73. The van der Waals surface area contributed by atoms with E-state index in [0.717, 1.165) is 50.7 Å². The van der Waals surface area contributed by atoms with Crippen LogP contribution in [0.1, 0.15) is 50.2 Å². The maximum absolute atomic E-state index is 13.2. The van der Waals surface area contributed by atoms with Crippen molar-refractivity contribution in [2.24, 2.45) is 0 Å². The van der Waals surface area contributed by atoms with Gasteiger partial charge in [0.1, 0.15) is 0 Å². The number of urea groups is 1. The lowest BCUT2D eigenvalue weighted by atomic mass is 10.1. The molecular formula is C28H33F3N4O. The Morgan fingerprint density at radius 3 is 2.47 bits per heavy atom. The van der Waals surface area contributed by atoms with Gasteiger partial charge in [-0.25, -0.2) is 9.78 Å². The number of nitrogens with zero attached hydrogens (tertiary/aromatic N) is 2. The number of anilines is 2. The molecule has 0 unspecified atom stereocenters. The Morgan fingerprint density at radius 2 is 1.75 bits per heavy atom. The lowest BCUT2D eigenvalue weighted by Gasteiger charge is -2.24. The molecule has 0 aliphatic rings. The number of aromatic nitrogens is 1. The monoisotopic (exact) mass is 498 g/mol. The molecule has 0 spiro atoms. The molecule has 0 aliphatic heterocycles. The maximum Gasteiger partial charge on any atom is 0.416 e. The minimum atomic E-state index is -4.46. The molecule has 2 aromatic carbocycles. The summed E-state index contributed by atoms with van der Waals surface area (Å²) in [5.74, 6) is 0.253. The third-order valence-electron chi connectivity index (χ3n) is 5.89. The van der Waals surface area contributed by atoms with Gasteiger partial charge in [0.05, 0.1) is 16.9 Å². The van der Waals surface area contributed by atoms with Gasteiger partial charge < -0.3 is 11.1 Å². The number of rotatable bonds is 11. The summed E-state index contributed by atoms with van der Waals surface area (Å²) >= 11 is 0. The van der Waals surface area contributed by atoms with Crippen LogP contribution >= 0.6 is 0 Å². The number of hydrogen-bond acceptors (Lipinski definition) is 3. The third kappa shape index (κ3) is 7.73. The number of alkyl halides is 3. The summed E-state index contributed by atoms with van der Waals surface area (Å²) in [7, 11) is 0. The van der Waals surface area contributed by atoms with Crippen LogP contribution in [-0.2, 0) is 12.6 Å². The van der Waals surface area contributed by atoms with Crippen molar-refractivity contribution in [1.29, 1.82) is 0 Å². The van der Waals surface area contributed by atoms with E-state index in [9.17, 15) is 18.0 Å². The van der Waals surface area contributed by atoms with Crippen molar-refractivity contribution in [2.75, 3.05) is 23.7 Å². The van der Waals surface area contributed by atoms with Gasteiger partial charge in [0.2, 0.25) is 0 Å². The average Bonchev–Trinajstić information content (AvgIpc) is 2.87. The maximum atomic E-state index is 13.2. The van der Waals surface area contributed by atoms with Crippen molar-refractivity contribution in [2.45, 2.75) is 51.6 Å². The summed E-state index contributed by atoms with van der Waals surface area (Å²) in [5.41, 5.74) is 7.61. The van der Waals surface area contributed by atoms with E-state index < -0.39 is 11.7 Å². The molecule has 0 saturated heterocycles. The van der Waals surface area contributed by atoms with Crippen LogP contribution in [0.5, 0.6) is 0 Å². The molecule has 36 heavy (non-hydrogen) atoms. The fraction of sp³-hybridized carbons (Fsp3) is 0.357. The zero-order valence-corrected chi connectivity index (χ0v) is 20.5. The number of pyridine rings is 1. The van der Waals surface area contributed by atoms with Crippen molar-refractivity contribution in [3.05, 3.63) is 77.9 Å². The van der Waals surface area contributed by atoms with Crippen LogP contribution in [-0.4, -0.2) is 24.1 Å². The summed E-state index contributed by atoms with van der Waals surface area (Å²) < 4.78 is 39.6. The van der Waals surface area contributed by atoms with E-state index in [-0.39, 0.29) is 11.8 Å². The normalized spacial score (nSPS) is 11.3. The minimum absolute atomic E-state index is 0.253. The van der Waals surface area contributed by atoms with Gasteiger partial charge >= 0.3 is 12.2 Å². The molecule has 192 valence electrons. The van der Waals surface area contributed by atoms with E-state index in [1.165, 1.54) is 16.5 Å². The van der Waals surface area contributed by atoms with Crippen LogP contribution in [0.2, 0.25) is 0 Å². The number of hydrogen-bond donors (Lipinski definition) is 2. The Hall–Kier alpha value is -3.55. The molecule has 2 amide bonds. The van der Waals surface area contributed by atoms with Crippen molar-refractivity contribution in [3.8, 4) is 11.3 Å². The predicted octanol–water partition coefficient (Wildman–Crippen LogP) is 7.08. The largest absolute Gasteiger partial charge is 0.416 e. The molecule has 5 nitrogen and oxygen atoms in total. The number of amides is 2. The second-order valence-corrected chi connectivity index (χ2v) is 8.72. The minimum Gasteiger partial charge on any atom is -0.396 e. The molecule has 1 aromatic heterocycles. The van der Waals surface area contributed by atoms with E-state index >= 15 is 0 Å². The number of nitrogen functional groups attached to an aromatic ring is 1. The first-order chi connectivity index (χ1) is 17.3. The van der Waals surface area contributed by atoms with E-state index in [1.807, 2.05) is 18.2 Å². The highest BCUT2D eigenvalue weighted by atomic mass is 19.4. The van der Waals surface area contributed by atoms with Crippen LogP contribution < -0.4 is 16.0 Å². The number of nitrogens with two attached hydrogens (primary N) is 1. The van der Waals surface area contributed by atoms with Gasteiger partial charge in [-0.15, -0.1) is 0 Å². The molecule has 3 rings (SSSR count). The number of benzene rings is 2. The van der Waals surface area contributed by atoms with Crippen LogP contribution in [0, 0.1) is 0 Å². The molecule has 0 radical (unpaired) electrons.